The molecule has 0 saturated heterocycles. The molecule has 0 aromatic heterocycles. The third kappa shape index (κ3) is 2.55. The van der Waals surface area contributed by atoms with Crippen LogP contribution in [0.3, 0.4) is 0 Å². The smallest absolute Gasteiger partial charge is 0.331 e. The second-order valence-corrected chi connectivity index (χ2v) is 2.86. The van der Waals surface area contributed by atoms with Gasteiger partial charge in [0, 0.05) is 11.1 Å². The summed E-state index contributed by atoms with van der Waals surface area (Å²) in [6.45, 7) is 1.39. The molecular weight excluding hydrogens is 180 g/mol. The number of aliphatic carboxylic acids is 1. The Hall–Kier alpha value is -1.90. The minimum Gasteiger partial charge on any atom is -0.478 e. The summed E-state index contributed by atoms with van der Waals surface area (Å²) < 4.78 is 0. The van der Waals surface area contributed by atoms with Crippen LogP contribution in [0.4, 0.5) is 0 Å². The van der Waals surface area contributed by atoms with Crippen LogP contribution < -0.4 is 0 Å². The number of benzene rings is 1. The maximum atomic E-state index is 11.4. The van der Waals surface area contributed by atoms with Crippen LogP contribution in [0.15, 0.2) is 42.0 Å². The van der Waals surface area contributed by atoms with Gasteiger partial charge in [-0.2, -0.15) is 0 Å². The Labute approximate surface area is 81.7 Å². The highest BCUT2D eigenvalue weighted by Crippen LogP contribution is 2.03. The maximum Gasteiger partial charge on any atom is 0.331 e. The van der Waals surface area contributed by atoms with Crippen LogP contribution in [-0.2, 0) is 4.79 Å². The predicted octanol–water partition coefficient (Wildman–Crippen LogP) is 1.90. The summed E-state index contributed by atoms with van der Waals surface area (Å²) in [5.74, 6) is -1.36. The summed E-state index contributed by atoms with van der Waals surface area (Å²) >= 11 is 0. The minimum atomic E-state index is -1.07. The molecule has 1 aromatic rings. The lowest BCUT2D eigenvalue weighted by atomic mass is 10.1. The van der Waals surface area contributed by atoms with Crippen LogP contribution in [0, 0.1) is 0 Å². The molecule has 1 rings (SSSR count). The van der Waals surface area contributed by atoms with Gasteiger partial charge in [0.25, 0.3) is 0 Å². The second-order valence-electron chi connectivity index (χ2n) is 2.86. The first-order valence-corrected chi connectivity index (χ1v) is 4.12. The summed E-state index contributed by atoms with van der Waals surface area (Å²) in [6, 6.07) is 8.56. The van der Waals surface area contributed by atoms with E-state index in [1.165, 1.54) is 6.92 Å². The zero-order valence-corrected chi connectivity index (χ0v) is 7.73. The van der Waals surface area contributed by atoms with Crippen LogP contribution in [-0.4, -0.2) is 16.9 Å². The number of carbonyl (C=O) groups is 2. The number of hydrogen-bond donors (Lipinski definition) is 1. The number of rotatable bonds is 3. The van der Waals surface area contributed by atoms with E-state index in [0.29, 0.717) is 5.56 Å². The first kappa shape index (κ1) is 10.2. The van der Waals surface area contributed by atoms with Gasteiger partial charge in [-0.25, -0.2) is 4.79 Å². The van der Waals surface area contributed by atoms with Gasteiger partial charge < -0.3 is 5.11 Å². The topological polar surface area (TPSA) is 54.4 Å². The fraction of sp³-hybridized carbons (Fsp3) is 0.0909. The van der Waals surface area contributed by atoms with Crippen molar-refractivity contribution < 1.29 is 14.7 Å². The zero-order chi connectivity index (χ0) is 10.6. The standard InChI is InChI=1S/C11H10O3/c1-8(11(13)14)7-10(12)9-5-3-2-4-6-9/h2-7H,1H3,(H,13,14)/b8-7-. The number of ketones is 1. The van der Waals surface area contributed by atoms with Crippen molar-refractivity contribution in [1.82, 2.24) is 0 Å². The van der Waals surface area contributed by atoms with Gasteiger partial charge >= 0.3 is 5.97 Å². The molecule has 0 atom stereocenters. The van der Waals surface area contributed by atoms with E-state index in [4.69, 9.17) is 5.11 Å². The van der Waals surface area contributed by atoms with Crippen molar-refractivity contribution >= 4 is 11.8 Å². The Balaban J connectivity index is 2.88. The molecule has 3 nitrogen and oxygen atoms in total. The van der Waals surface area contributed by atoms with Gasteiger partial charge in [-0.05, 0) is 13.0 Å². The summed E-state index contributed by atoms with van der Waals surface area (Å²) in [7, 11) is 0. The normalized spacial score (nSPS) is 11.1. The van der Waals surface area contributed by atoms with E-state index in [1.807, 2.05) is 0 Å². The molecule has 0 aliphatic carbocycles. The largest absolute Gasteiger partial charge is 0.478 e. The molecule has 0 heterocycles. The third-order valence-electron chi connectivity index (χ3n) is 1.74. The first-order chi connectivity index (χ1) is 6.61. The second kappa shape index (κ2) is 4.37. The molecule has 1 N–H and O–H groups in total. The number of carbonyl (C=O) groups excluding carboxylic acids is 1. The number of hydrogen-bond acceptors (Lipinski definition) is 2. The van der Waals surface area contributed by atoms with Crippen LogP contribution in [0.1, 0.15) is 17.3 Å². The van der Waals surface area contributed by atoms with Gasteiger partial charge in [0.15, 0.2) is 5.78 Å². The Bertz CT molecular complexity index is 377. The lowest BCUT2D eigenvalue weighted by molar-refractivity contribution is -0.132. The predicted molar refractivity (Wildman–Crippen MR) is 52.2 cm³/mol. The summed E-state index contributed by atoms with van der Waals surface area (Å²) in [4.78, 5) is 21.9. The molecule has 0 amide bonds. The first-order valence-electron chi connectivity index (χ1n) is 4.12. The van der Waals surface area contributed by atoms with Gasteiger partial charge in [0.2, 0.25) is 0 Å². The monoisotopic (exact) mass is 190 g/mol. The summed E-state index contributed by atoms with van der Waals surface area (Å²) in [5.41, 5.74) is 0.534. The molecule has 0 saturated carbocycles. The van der Waals surface area contributed by atoms with Crippen molar-refractivity contribution in [3.05, 3.63) is 47.5 Å². The van der Waals surface area contributed by atoms with Crippen LogP contribution >= 0.6 is 0 Å². The number of carboxylic acids is 1. The molecule has 14 heavy (non-hydrogen) atoms. The fourth-order valence-electron chi connectivity index (χ4n) is 0.944. The Morgan fingerprint density at radius 2 is 1.79 bits per heavy atom. The van der Waals surface area contributed by atoms with Gasteiger partial charge in [-0.3, -0.25) is 4.79 Å². The zero-order valence-electron chi connectivity index (χ0n) is 7.73. The number of allylic oxidation sites excluding steroid dienone is 1. The molecule has 0 spiro atoms. The molecule has 3 heteroatoms. The maximum absolute atomic E-state index is 11.4. The molecule has 72 valence electrons. The highest BCUT2D eigenvalue weighted by atomic mass is 16.4. The SMILES string of the molecule is C/C(=C/C(=O)c1ccccc1)C(=O)O. The summed E-state index contributed by atoms with van der Waals surface area (Å²) in [5, 5.41) is 8.56. The molecule has 0 aliphatic rings. The van der Waals surface area contributed by atoms with Crippen molar-refractivity contribution in [2.24, 2.45) is 0 Å². The molecular formula is C11H10O3. The van der Waals surface area contributed by atoms with E-state index in [9.17, 15) is 9.59 Å². The van der Waals surface area contributed by atoms with Crippen LogP contribution in [0.5, 0.6) is 0 Å². The van der Waals surface area contributed by atoms with E-state index in [-0.39, 0.29) is 11.4 Å². The Morgan fingerprint density at radius 1 is 1.21 bits per heavy atom. The van der Waals surface area contributed by atoms with Crippen LogP contribution in [0.2, 0.25) is 0 Å². The molecule has 0 fully saturated rings. The molecule has 0 unspecified atom stereocenters. The van der Waals surface area contributed by atoms with Crippen molar-refractivity contribution in [1.29, 1.82) is 0 Å². The van der Waals surface area contributed by atoms with E-state index in [0.717, 1.165) is 6.08 Å². The van der Waals surface area contributed by atoms with E-state index in [2.05, 4.69) is 0 Å². The van der Waals surface area contributed by atoms with Gasteiger partial charge in [-0.1, -0.05) is 30.3 Å². The third-order valence-corrected chi connectivity index (χ3v) is 1.74. The minimum absolute atomic E-state index is 0.0406. The van der Waals surface area contributed by atoms with Crippen molar-refractivity contribution in [2.75, 3.05) is 0 Å². The highest BCUT2D eigenvalue weighted by molar-refractivity contribution is 6.08. The van der Waals surface area contributed by atoms with E-state index in [1.54, 1.807) is 30.3 Å². The fourth-order valence-corrected chi connectivity index (χ4v) is 0.944. The average molecular weight is 190 g/mol. The molecule has 0 aliphatic heterocycles. The lowest BCUT2D eigenvalue weighted by Gasteiger charge is -1.95. The quantitative estimate of drug-likeness (QED) is 0.585. The van der Waals surface area contributed by atoms with E-state index >= 15 is 0 Å². The molecule has 1 aromatic carbocycles. The Morgan fingerprint density at radius 3 is 2.29 bits per heavy atom. The van der Waals surface area contributed by atoms with Gasteiger partial charge in [0.05, 0.1) is 0 Å². The van der Waals surface area contributed by atoms with Crippen molar-refractivity contribution in [2.45, 2.75) is 6.92 Å². The average Bonchev–Trinajstić information content (AvgIpc) is 2.19. The van der Waals surface area contributed by atoms with Crippen molar-refractivity contribution in [3.63, 3.8) is 0 Å². The van der Waals surface area contributed by atoms with Gasteiger partial charge in [-0.15, -0.1) is 0 Å². The molecule has 0 bridgehead atoms. The van der Waals surface area contributed by atoms with Gasteiger partial charge in [0.1, 0.15) is 0 Å². The highest BCUT2D eigenvalue weighted by Gasteiger charge is 2.05. The van der Waals surface area contributed by atoms with E-state index < -0.39 is 5.97 Å². The van der Waals surface area contributed by atoms with Crippen LogP contribution in [0.25, 0.3) is 0 Å². The molecule has 0 radical (unpaired) electrons. The summed E-state index contributed by atoms with van der Waals surface area (Å²) in [6.07, 6.45) is 1.12. The Kier molecular flexibility index (Phi) is 3.18. The number of carboxylic acid groups (broad SMARTS) is 1. The lowest BCUT2D eigenvalue weighted by Crippen LogP contribution is -2.01. The van der Waals surface area contributed by atoms with Crippen molar-refractivity contribution in [3.8, 4) is 0 Å².